The molecule has 2 aromatic carbocycles. The van der Waals surface area contributed by atoms with Crippen molar-refractivity contribution in [2.24, 2.45) is 0 Å². The lowest BCUT2D eigenvalue weighted by Crippen LogP contribution is -2.26. The molecule has 2 N–H and O–H groups in total. The molecule has 5 rings (SSSR count). The number of anilines is 1. The summed E-state index contributed by atoms with van der Waals surface area (Å²) in [5.74, 6) is 0.410. The zero-order chi connectivity index (χ0) is 24.0. The summed E-state index contributed by atoms with van der Waals surface area (Å²) in [5, 5.41) is 4.20. The standard InChI is InChI=1S/C23H16ClF3N6O/c1-12(32-21-19-20(29-10-28-19)30-11-31-21)17-8-13-4-2-7-16(24)18(13)22(34)33(17)15-6-3-5-14(9-15)23(25,26)27/h2-12H,1H3,(H2,28,29,30,31,32)/t12-/m0/s1. The van der Waals surface area contributed by atoms with E-state index >= 15 is 0 Å². The molecule has 0 spiro atoms. The van der Waals surface area contributed by atoms with Crippen molar-refractivity contribution in [1.29, 1.82) is 0 Å². The van der Waals surface area contributed by atoms with Crippen molar-refractivity contribution in [2.75, 3.05) is 5.32 Å². The molecule has 0 saturated heterocycles. The van der Waals surface area contributed by atoms with Crippen LogP contribution in [0.2, 0.25) is 5.02 Å². The smallest absolute Gasteiger partial charge is 0.360 e. The fraction of sp³-hybridized carbons (Fsp3) is 0.130. The number of hydrogen-bond donors (Lipinski definition) is 2. The molecule has 0 aliphatic carbocycles. The van der Waals surface area contributed by atoms with Crippen LogP contribution in [0.3, 0.4) is 0 Å². The summed E-state index contributed by atoms with van der Waals surface area (Å²) in [5.41, 5.74) is 0.103. The van der Waals surface area contributed by atoms with Gasteiger partial charge in [-0.15, -0.1) is 0 Å². The molecule has 0 amide bonds. The van der Waals surface area contributed by atoms with E-state index in [1.54, 1.807) is 31.2 Å². The van der Waals surface area contributed by atoms with Crippen LogP contribution in [0.1, 0.15) is 24.2 Å². The SMILES string of the molecule is C[C@H](Nc1ncnc2[nH]cnc12)c1cc2cccc(Cl)c2c(=O)n1-c1cccc(C(F)(F)F)c1. The maximum absolute atomic E-state index is 13.6. The summed E-state index contributed by atoms with van der Waals surface area (Å²) < 4.78 is 41.5. The number of aromatic nitrogens is 5. The van der Waals surface area contributed by atoms with Gasteiger partial charge >= 0.3 is 6.18 Å². The van der Waals surface area contributed by atoms with Crippen molar-refractivity contribution in [1.82, 2.24) is 24.5 Å². The second-order valence-corrected chi connectivity index (χ2v) is 8.06. The largest absolute Gasteiger partial charge is 0.416 e. The van der Waals surface area contributed by atoms with Gasteiger partial charge in [-0.1, -0.05) is 29.8 Å². The lowest BCUT2D eigenvalue weighted by Gasteiger charge is -2.22. The minimum atomic E-state index is -4.56. The number of nitrogens with zero attached hydrogens (tertiary/aromatic N) is 4. The molecule has 0 aliphatic rings. The van der Waals surface area contributed by atoms with E-state index in [-0.39, 0.29) is 16.1 Å². The third-order valence-corrected chi connectivity index (χ3v) is 5.79. The maximum atomic E-state index is 13.6. The van der Waals surface area contributed by atoms with Crippen molar-refractivity contribution in [2.45, 2.75) is 19.1 Å². The Morgan fingerprint density at radius 2 is 1.88 bits per heavy atom. The minimum absolute atomic E-state index is 0.0675. The van der Waals surface area contributed by atoms with Gasteiger partial charge in [-0.25, -0.2) is 15.0 Å². The molecule has 7 nitrogen and oxygen atoms in total. The summed E-state index contributed by atoms with van der Waals surface area (Å²) in [6.45, 7) is 1.77. The molecule has 3 aromatic heterocycles. The second-order valence-electron chi connectivity index (χ2n) is 7.65. The highest BCUT2D eigenvalue weighted by atomic mass is 35.5. The van der Waals surface area contributed by atoms with E-state index in [0.717, 1.165) is 12.1 Å². The van der Waals surface area contributed by atoms with Crippen LogP contribution in [0.5, 0.6) is 0 Å². The van der Waals surface area contributed by atoms with Gasteiger partial charge in [0.25, 0.3) is 5.56 Å². The Morgan fingerprint density at radius 3 is 2.68 bits per heavy atom. The molecule has 34 heavy (non-hydrogen) atoms. The van der Waals surface area contributed by atoms with E-state index in [2.05, 4.69) is 25.3 Å². The van der Waals surface area contributed by atoms with Gasteiger partial charge in [0.15, 0.2) is 11.5 Å². The quantitative estimate of drug-likeness (QED) is 0.351. The van der Waals surface area contributed by atoms with Crippen LogP contribution in [-0.4, -0.2) is 24.5 Å². The first kappa shape index (κ1) is 21.9. The van der Waals surface area contributed by atoms with Crippen LogP contribution in [0.15, 0.2) is 66.0 Å². The molecule has 11 heteroatoms. The monoisotopic (exact) mass is 484 g/mol. The van der Waals surface area contributed by atoms with Gasteiger partial charge in [-0.2, -0.15) is 13.2 Å². The maximum Gasteiger partial charge on any atom is 0.416 e. The van der Waals surface area contributed by atoms with E-state index in [1.165, 1.54) is 29.4 Å². The number of alkyl halides is 3. The molecule has 172 valence electrons. The lowest BCUT2D eigenvalue weighted by atomic mass is 10.1. The zero-order valence-electron chi connectivity index (χ0n) is 17.6. The first-order chi connectivity index (χ1) is 16.2. The molecule has 0 saturated carbocycles. The van der Waals surface area contributed by atoms with Crippen LogP contribution in [0.4, 0.5) is 19.0 Å². The highest BCUT2D eigenvalue weighted by Crippen LogP contribution is 2.32. The van der Waals surface area contributed by atoms with Crippen LogP contribution >= 0.6 is 11.6 Å². The van der Waals surface area contributed by atoms with Crippen molar-refractivity contribution >= 4 is 39.4 Å². The third kappa shape index (κ3) is 3.75. The summed E-state index contributed by atoms with van der Waals surface area (Å²) >= 11 is 6.30. The Labute approximate surface area is 195 Å². The van der Waals surface area contributed by atoms with Crippen molar-refractivity contribution < 1.29 is 13.2 Å². The highest BCUT2D eigenvalue weighted by molar-refractivity contribution is 6.35. The molecule has 0 unspecified atom stereocenters. The molecule has 0 bridgehead atoms. The van der Waals surface area contributed by atoms with Gasteiger partial charge in [0.1, 0.15) is 11.8 Å². The summed E-state index contributed by atoms with van der Waals surface area (Å²) in [6, 6.07) is 10.8. The van der Waals surface area contributed by atoms with Gasteiger partial charge in [0.05, 0.1) is 28.3 Å². The topological polar surface area (TPSA) is 88.5 Å². The Kier molecular flexibility index (Phi) is 5.24. The average Bonchev–Trinajstić information content (AvgIpc) is 3.28. The Morgan fingerprint density at radius 1 is 1.09 bits per heavy atom. The Hall–Kier alpha value is -3.92. The summed E-state index contributed by atoms with van der Waals surface area (Å²) in [7, 11) is 0. The fourth-order valence-electron chi connectivity index (χ4n) is 3.90. The summed E-state index contributed by atoms with van der Waals surface area (Å²) in [6.07, 6.45) is -1.73. The molecule has 0 radical (unpaired) electrons. The fourth-order valence-corrected chi connectivity index (χ4v) is 4.16. The predicted molar refractivity (Wildman–Crippen MR) is 123 cm³/mol. The molecule has 0 fully saturated rings. The number of nitrogens with one attached hydrogen (secondary N) is 2. The molecule has 1 atom stereocenters. The van der Waals surface area contributed by atoms with Crippen LogP contribution in [0, 0.1) is 0 Å². The Bertz CT molecular complexity index is 1590. The number of hydrogen-bond acceptors (Lipinski definition) is 5. The van der Waals surface area contributed by atoms with Gasteiger partial charge in [-0.05, 0) is 42.6 Å². The second kappa shape index (κ2) is 8.14. The summed E-state index contributed by atoms with van der Waals surface area (Å²) in [4.78, 5) is 29.0. The molecule has 3 heterocycles. The van der Waals surface area contributed by atoms with E-state index in [9.17, 15) is 18.0 Å². The van der Waals surface area contributed by atoms with Gasteiger partial charge in [0.2, 0.25) is 0 Å². The number of rotatable bonds is 4. The normalized spacial score (nSPS) is 12.9. The van der Waals surface area contributed by atoms with Crippen molar-refractivity contribution in [3.05, 3.63) is 87.8 Å². The number of H-pyrrole nitrogens is 1. The molecule has 0 aliphatic heterocycles. The number of halogens is 4. The minimum Gasteiger partial charge on any atom is -0.360 e. The van der Waals surface area contributed by atoms with Crippen molar-refractivity contribution in [3.8, 4) is 5.69 Å². The van der Waals surface area contributed by atoms with Crippen molar-refractivity contribution in [3.63, 3.8) is 0 Å². The number of aromatic amines is 1. The van der Waals surface area contributed by atoms with Crippen LogP contribution < -0.4 is 10.9 Å². The average molecular weight is 485 g/mol. The van der Waals surface area contributed by atoms with E-state index in [4.69, 9.17) is 11.6 Å². The van der Waals surface area contributed by atoms with Crippen LogP contribution in [0.25, 0.3) is 27.6 Å². The van der Waals surface area contributed by atoms with Gasteiger partial charge in [0, 0.05) is 11.4 Å². The zero-order valence-corrected chi connectivity index (χ0v) is 18.3. The molecular formula is C23H16ClF3N6O. The number of benzene rings is 2. The number of fused-ring (bicyclic) bond motifs is 2. The lowest BCUT2D eigenvalue weighted by molar-refractivity contribution is -0.137. The predicted octanol–water partition coefficient (Wildman–Crippen LogP) is 5.50. The van der Waals surface area contributed by atoms with E-state index in [1.807, 2.05) is 0 Å². The molecular weight excluding hydrogens is 469 g/mol. The van der Waals surface area contributed by atoms with Gasteiger partial charge < -0.3 is 10.3 Å². The molecule has 5 aromatic rings. The number of imidazole rings is 1. The number of pyridine rings is 1. The Balaban J connectivity index is 1.73. The third-order valence-electron chi connectivity index (χ3n) is 5.47. The van der Waals surface area contributed by atoms with E-state index < -0.39 is 23.3 Å². The van der Waals surface area contributed by atoms with E-state index in [0.29, 0.717) is 28.1 Å². The highest BCUT2D eigenvalue weighted by Gasteiger charge is 2.31. The first-order valence-electron chi connectivity index (χ1n) is 10.2. The first-order valence-corrected chi connectivity index (χ1v) is 10.5. The van der Waals surface area contributed by atoms with Crippen LogP contribution in [-0.2, 0) is 6.18 Å². The van der Waals surface area contributed by atoms with Gasteiger partial charge in [-0.3, -0.25) is 9.36 Å².